The molecule has 0 N–H and O–H groups in total. The third-order valence-electron chi connectivity index (χ3n) is 16.2. The van der Waals surface area contributed by atoms with Crippen molar-refractivity contribution in [2.45, 2.75) is 226 Å². The van der Waals surface area contributed by atoms with Gasteiger partial charge < -0.3 is 38.2 Å². The first-order valence-electron chi connectivity index (χ1n) is 34.2. The number of unbranched alkanes of at least 4 members (excludes halogenated alkanes) is 12. The van der Waals surface area contributed by atoms with Crippen LogP contribution in [0.4, 0.5) is 0 Å². The van der Waals surface area contributed by atoms with E-state index in [0.717, 1.165) is 184 Å². The summed E-state index contributed by atoms with van der Waals surface area (Å²) in [6.07, 6.45) is 47.4. The first kappa shape index (κ1) is 75.3. The summed E-state index contributed by atoms with van der Waals surface area (Å²) < 4.78 is 34.7. The number of carbonyl (C=O) groups is 4. The second-order valence-electron chi connectivity index (χ2n) is 23.6. The van der Waals surface area contributed by atoms with Gasteiger partial charge in [-0.15, -0.1) is 0 Å². The van der Waals surface area contributed by atoms with E-state index in [9.17, 15) is 19.2 Å². The SMILES string of the molecule is CC/C=C\CCCCOC(CCCC(=O)Oc1ccc(CC(=O)OCCC2CCN(CCSSCCN3CCC(CCOC(=O)Cc4ccc(OC(=O)CCCCCCC/C=C\C/C=C\CCCCC)cc4)CC3)CC2)cc1)OCCCC/C=C\CC. The van der Waals surface area contributed by atoms with Gasteiger partial charge in [-0.1, -0.05) is 147 Å². The van der Waals surface area contributed by atoms with Crippen molar-refractivity contribution in [3.63, 3.8) is 0 Å². The Hall–Kier alpha value is -4.18. The highest BCUT2D eigenvalue weighted by Gasteiger charge is 2.22. The van der Waals surface area contributed by atoms with Gasteiger partial charge in [0.1, 0.15) is 11.5 Å². The summed E-state index contributed by atoms with van der Waals surface area (Å²) in [5.41, 5.74) is 1.68. The molecule has 0 aliphatic carbocycles. The van der Waals surface area contributed by atoms with E-state index < -0.39 is 0 Å². The van der Waals surface area contributed by atoms with Crippen molar-refractivity contribution < 1.29 is 47.6 Å². The molecule has 2 aliphatic rings. The van der Waals surface area contributed by atoms with Crippen molar-refractivity contribution in [3.05, 3.63) is 108 Å². The molecule has 0 saturated carbocycles. The topological polar surface area (TPSA) is 130 Å². The normalized spacial score (nSPS) is 14.8. The predicted molar refractivity (Wildman–Crippen MR) is 361 cm³/mol. The second-order valence-corrected chi connectivity index (χ2v) is 26.3. The summed E-state index contributed by atoms with van der Waals surface area (Å²) in [5.74, 6) is 3.45. The van der Waals surface area contributed by atoms with Gasteiger partial charge in [-0.05, 0) is 215 Å². The molecule has 488 valence electrons. The molecule has 2 aromatic rings. The summed E-state index contributed by atoms with van der Waals surface area (Å²) >= 11 is 0. The number of esters is 4. The lowest BCUT2D eigenvalue weighted by atomic mass is 9.94. The number of hydrogen-bond donors (Lipinski definition) is 0. The Morgan fingerprint density at radius 2 is 0.885 bits per heavy atom. The van der Waals surface area contributed by atoms with Crippen LogP contribution in [-0.2, 0) is 51.0 Å². The number of hydrogen-bond acceptors (Lipinski definition) is 14. The number of nitrogens with zero attached hydrogens (tertiary/aromatic N) is 2. The van der Waals surface area contributed by atoms with Crippen molar-refractivity contribution in [1.29, 1.82) is 0 Å². The van der Waals surface area contributed by atoms with Gasteiger partial charge in [-0.2, -0.15) is 0 Å². The van der Waals surface area contributed by atoms with Crippen molar-refractivity contribution in [3.8, 4) is 11.5 Å². The molecule has 87 heavy (non-hydrogen) atoms. The first-order chi connectivity index (χ1) is 42.7. The summed E-state index contributed by atoms with van der Waals surface area (Å²) in [4.78, 5) is 55.6. The summed E-state index contributed by atoms with van der Waals surface area (Å²) in [6, 6.07) is 14.4. The number of rotatable bonds is 51. The third-order valence-corrected chi connectivity index (χ3v) is 18.5. The quantitative estimate of drug-likeness (QED) is 0.0155. The number of benzene rings is 2. The molecular weight excluding hydrogens is 1130 g/mol. The van der Waals surface area contributed by atoms with Gasteiger partial charge in [0, 0.05) is 50.7 Å². The fourth-order valence-corrected chi connectivity index (χ4v) is 12.8. The molecule has 0 spiro atoms. The Kier molecular flexibility index (Phi) is 44.6. The van der Waals surface area contributed by atoms with Crippen LogP contribution in [0.5, 0.6) is 11.5 Å². The van der Waals surface area contributed by atoms with Crippen molar-refractivity contribution >= 4 is 45.5 Å². The molecule has 2 saturated heterocycles. The molecule has 14 heteroatoms. The maximum absolute atomic E-state index is 12.7. The van der Waals surface area contributed by atoms with Crippen LogP contribution >= 0.6 is 21.6 Å². The number of ether oxygens (including phenoxy) is 6. The Balaban J connectivity index is 0.925. The van der Waals surface area contributed by atoms with Gasteiger partial charge in [0.05, 0.1) is 26.1 Å². The van der Waals surface area contributed by atoms with Gasteiger partial charge in [0.15, 0.2) is 6.29 Å². The molecule has 0 radical (unpaired) electrons. The molecular formula is C73H114N2O10S2. The fourth-order valence-electron chi connectivity index (χ4n) is 10.7. The second kappa shape index (κ2) is 51.6. The summed E-state index contributed by atoms with van der Waals surface area (Å²) in [5, 5.41) is 0. The minimum atomic E-state index is -0.323. The van der Waals surface area contributed by atoms with Gasteiger partial charge in [0.25, 0.3) is 0 Å². The maximum atomic E-state index is 12.7. The molecule has 4 rings (SSSR count). The zero-order chi connectivity index (χ0) is 61.9. The average Bonchev–Trinajstić information content (AvgIpc) is 3.69. The van der Waals surface area contributed by atoms with Crippen LogP contribution in [0.15, 0.2) is 97.1 Å². The standard InChI is InChI=1S/C73H114N2O10S2/c1-4-7-10-13-16-17-18-19-20-21-22-23-24-25-28-32-69(76)84-67-39-35-65(36-40-67)61-71(78)80-57-47-63-43-49-74(50-44-63)53-59-86-87-60-54-75-51-45-64(46-52-75)48-58-81-72(79)62-66-37-41-68(42-38-66)85-70(77)33-31-34-73(82-55-29-26-14-11-8-5-2)83-56-30-27-15-12-9-6-3/h8-9,11-12,16-17,19-20,35-42,63-64,73H,4-7,10,13-15,18,21-34,43-62H2,1-3H3/b11-8-,12-9-,17-16-,20-19-. The van der Waals surface area contributed by atoms with Gasteiger partial charge in [0.2, 0.25) is 0 Å². The molecule has 0 aromatic heterocycles. The molecule has 0 amide bonds. The predicted octanol–water partition coefficient (Wildman–Crippen LogP) is 17.6. The smallest absolute Gasteiger partial charge is 0.311 e. The Morgan fingerprint density at radius 1 is 0.471 bits per heavy atom. The van der Waals surface area contributed by atoms with E-state index >= 15 is 0 Å². The highest BCUT2D eigenvalue weighted by atomic mass is 33.1. The minimum absolute atomic E-state index is 0.188. The average molecular weight is 1240 g/mol. The summed E-state index contributed by atoms with van der Waals surface area (Å²) in [7, 11) is 3.97. The van der Waals surface area contributed by atoms with Crippen LogP contribution in [-0.4, -0.2) is 117 Å². The maximum Gasteiger partial charge on any atom is 0.311 e. The molecule has 0 atom stereocenters. The zero-order valence-corrected chi connectivity index (χ0v) is 55.8. The lowest BCUT2D eigenvalue weighted by molar-refractivity contribution is -0.149. The lowest BCUT2D eigenvalue weighted by Crippen LogP contribution is -2.36. The highest BCUT2D eigenvalue weighted by Crippen LogP contribution is 2.27. The van der Waals surface area contributed by atoms with Gasteiger partial charge in [-0.3, -0.25) is 19.2 Å². The van der Waals surface area contributed by atoms with E-state index in [1.54, 1.807) is 24.3 Å². The van der Waals surface area contributed by atoms with Crippen molar-refractivity contribution in [1.82, 2.24) is 9.80 Å². The molecule has 12 nitrogen and oxygen atoms in total. The van der Waals surface area contributed by atoms with Crippen LogP contribution in [0, 0.1) is 11.8 Å². The monoisotopic (exact) mass is 1240 g/mol. The lowest BCUT2D eigenvalue weighted by Gasteiger charge is -2.32. The molecule has 2 heterocycles. The van der Waals surface area contributed by atoms with Crippen LogP contribution in [0.25, 0.3) is 0 Å². The largest absolute Gasteiger partial charge is 0.465 e. The number of likely N-dealkylation sites (tertiary alicyclic amines) is 2. The van der Waals surface area contributed by atoms with E-state index in [0.29, 0.717) is 69.0 Å². The van der Waals surface area contributed by atoms with Gasteiger partial charge >= 0.3 is 23.9 Å². The molecule has 0 bridgehead atoms. The molecule has 0 unspecified atom stereocenters. The van der Waals surface area contributed by atoms with E-state index in [-0.39, 0.29) is 49.4 Å². The van der Waals surface area contributed by atoms with Crippen LogP contribution in [0.2, 0.25) is 0 Å². The van der Waals surface area contributed by atoms with Crippen LogP contribution < -0.4 is 9.47 Å². The Bertz CT molecular complexity index is 2160. The van der Waals surface area contributed by atoms with E-state index in [1.165, 1.54) is 38.5 Å². The fraction of sp³-hybridized carbons (Fsp3) is 0.671. The Labute approximate surface area is 534 Å². The molecule has 2 aromatic carbocycles. The first-order valence-corrected chi connectivity index (χ1v) is 36.6. The van der Waals surface area contributed by atoms with Gasteiger partial charge in [-0.25, -0.2) is 0 Å². The van der Waals surface area contributed by atoms with E-state index in [1.807, 2.05) is 45.9 Å². The minimum Gasteiger partial charge on any atom is -0.465 e. The molecule has 2 fully saturated rings. The zero-order valence-electron chi connectivity index (χ0n) is 54.2. The number of allylic oxidation sites excluding steroid dienone is 8. The number of carbonyl (C=O) groups excluding carboxylic acids is 4. The summed E-state index contributed by atoms with van der Waals surface area (Å²) in [6.45, 7) is 15.3. The van der Waals surface area contributed by atoms with E-state index in [4.69, 9.17) is 28.4 Å². The van der Waals surface area contributed by atoms with Crippen LogP contribution in [0.3, 0.4) is 0 Å². The van der Waals surface area contributed by atoms with Crippen molar-refractivity contribution in [2.75, 3.05) is 77.2 Å². The number of piperidine rings is 2. The molecule has 2 aliphatic heterocycles. The third kappa shape index (κ3) is 40.2. The van der Waals surface area contributed by atoms with Crippen LogP contribution in [0.1, 0.15) is 218 Å². The van der Waals surface area contributed by atoms with Crippen molar-refractivity contribution in [2.24, 2.45) is 11.8 Å². The van der Waals surface area contributed by atoms with E-state index in [2.05, 4.69) is 79.2 Å². The highest BCUT2D eigenvalue weighted by molar-refractivity contribution is 8.76. The Morgan fingerprint density at radius 3 is 1.34 bits per heavy atom.